The number of aromatic nitrogens is 1. The van der Waals surface area contributed by atoms with Crippen LogP contribution in [0.5, 0.6) is 0 Å². The van der Waals surface area contributed by atoms with Crippen LogP contribution in [0.15, 0.2) is 24.4 Å². The number of alkyl halides is 3. The molecule has 0 aliphatic carbocycles. The first-order valence-corrected chi connectivity index (χ1v) is 5.28. The second-order valence-corrected chi connectivity index (χ2v) is 3.69. The molecule has 1 N–H and O–H groups in total. The van der Waals surface area contributed by atoms with Crippen LogP contribution in [0, 0.1) is 0 Å². The van der Waals surface area contributed by atoms with Crippen LogP contribution in [0.25, 0.3) is 0 Å². The molecule has 5 nitrogen and oxygen atoms in total. The first-order valence-electron chi connectivity index (χ1n) is 5.28. The van der Waals surface area contributed by atoms with Gasteiger partial charge in [-0.3, -0.25) is 14.6 Å². The van der Waals surface area contributed by atoms with E-state index < -0.39 is 31.0 Å². The number of halogens is 3. The predicted octanol–water partition coefficient (Wildman–Crippen LogP) is 1.45. The van der Waals surface area contributed by atoms with Crippen molar-refractivity contribution in [2.24, 2.45) is 0 Å². The smallest absolute Gasteiger partial charge is 0.471 e. The summed E-state index contributed by atoms with van der Waals surface area (Å²) in [6.45, 7) is -0.906. The molecule has 0 aliphatic heterocycles. The fraction of sp³-hybridized carbons (Fsp3) is 0.364. The fourth-order valence-corrected chi connectivity index (χ4v) is 1.35. The number of carbonyl (C=O) groups excluding carboxylic acids is 1. The second-order valence-electron chi connectivity index (χ2n) is 3.69. The van der Waals surface area contributed by atoms with Gasteiger partial charge in [0.1, 0.15) is 0 Å². The summed E-state index contributed by atoms with van der Waals surface area (Å²) >= 11 is 0. The van der Waals surface area contributed by atoms with Crippen LogP contribution in [-0.2, 0) is 16.1 Å². The summed E-state index contributed by atoms with van der Waals surface area (Å²) in [7, 11) is 0. The number of hydrogen-bond donors (Lipinski definition) is 1. The van der Waals surface area contributed by atoms with Gasteiger partial charge in [0.15, 0.2) is 0 Å². The molecule has 0 unspecified atom stereocenters. The van der Waals surface area contributed by atoms with Crippen molar-refractivity contribution in [3.05, 3.63) is 30.1 Å². The van der Waals surface area contributed by atoms with Crippen LogP contribution in [0.2, 0.25) is 0 Å². The molecule has 1 rings (SSSR count). The average Bonchev–Trinajstić information content (AvgIpc) is 2.33. The van der Waals surface area contributed by atoms with Gasteiger partial charge >= 0.3 is 18.1 Å². The van der Waals surface area contributed by atoms with E-state index in [0.29, 0.717) is 4.90 Å². The van der Waals surface area contributed by atoms with E-state index in [-0.39, 0.29) is 12.2 Å². The fourth-order valence-electron chi connectivity index (χ4n) is 1.35. The highest BCUT2D eigenvalue weighted by Gasteiger charge is 2.42. The third-order valence-corrected chi connectivity index (χ3v) is 2.20. The van der Waals surface area contributed by atoms with Gasteiger partial charge in [-0.2, -0.15) is 13.2 Å². The Morgan fingerprint density at radius 3 is 2.47 bits per heavy atom. The number of rotatable bonds is 5. The summed E-state index contributed by atoms with van der Waals surface area (Å²) in [6, 6.07) is 4.60. The van der Waals surface area contributed by atoms with Crippen LogP contribution in [0.1, 0.15) is 12.1 Å². The zero-order chi connectivity index (χ0) is 14.5. The van der Waals surface area contributed by atoms with Crippen LogP contribution in [0.3, 0.4) is 0 Å². The zero-order valence-corrected chi connectivity index (χ0v) is 9.72. The molecule has 0 spiro atoms. The van der Waals surface area contributed by atoms with E-state index in [1.807, 2.05) is 0 Å². The van der Waals surface area contributed by atoms with Gasteiger partial charge in [0.2, 0.25) is 0 Å². The van der Waals surface area contributed by atoms with Crippen molar-refractivity contribution in [2.45, 2.75) is 19.1 Å². The number of carboxylic acids is 1. The third kappa shape index (κ3) is 4.94. The number of aliphatic carboxylic acids is 1. The summed E-state index contributed by atoms with van der Waals surface area (Å²) in [5.41, 5.74) is 0.255. The maximum absolute atomic E-state index is 12.4. The lowest BCUT2D eigenvalue weighted by atomic mass is 10.3. The van der Waals surface area contributed by atoms with E-state index in [1.165, 1.54) is 12.3 Å². The van der Waals surface area contributed by atoms with E-state index in [0.717, 1.165) is 0 Å². The molecule has 1 heterocycles. The van der Waals surface area contributed by atoms with Gasteiger partial charge in [0.25, 0.3) is 0 Å². The molecule has 19 heavy (non-hydrogen) atoms. The van der Waals surface area contributed by atoms with E-state index in [1.54, 1.807) is 12.1 Å². The Labute approximate surface area is 106 Å². The third-order valence-electron chi connectivity index (χ3n) is 2.20. The maximum Gasteiger partial charge on any atom is 0.471 e. The first-order chi connectivity index (χ1) is 8.80. The summed E-state index contributed by atoms with van der Waals surface area (Å²) in [5, 5.41) is 8.48. The van der Waals surface area contributed by atoms with Gasteiger partial charge in [-0.05, 0) is 12.1 Å². The van der Waals surface area contributed by atoms with Crippen molar-refractivity contribution in [1.29, 1.82) is 0 Å². The molecule has 0 saturated carbocycles. The standard InChI is InChI=1S/C11H11F3N2O3/c12-11(13,14)10(19)16(6-4-9(17)18)7-8-3-1-2-5-15-8/h1-3,5H,4,6-7H2,(H,17,18). The largest absolute Gasteiger partial charge is 0.481 e. The minimum Gasteiger partial charge on any atom is -0.481 e. The molecule has 0 saturated heterocycles. The number of hydrogen-bond acceptors (Lipinski definition) is 3. The van der Waals surface area contributed by atoms with Crippen LogP contribution < -0.4 is 0 Å². The lowest BCUT2D eigenvalue weighted by molar-refractivity contribution is -0.186. The van der Waals surface area contributed by atoms with Crippen molar-refractivity contribution in [3.8, 4) is 0 Å². The number of amides is 1. The number of carbonyl (C=O) groups is 2. The molecule has 0 radical (unpaired) electrons. The van der Waals surface area contributed by atoms with Crippen molar-refractivity contribution >= 4 is 11.9 Å². The molecule has 0 aromatic carbocycles. The Morgan fingerprint density at radius 1 is 1.32 bits per heavy atom. The monoisotopic (exact) mass is 276 g/mol. The van der Waals surface area contributed by atoms with Crippen molar-refractivity contribution < 1.29 is 27.9 Å². The Hall–Kier alpha value is -2.12. The molecule has 0 bridgehead atoms. The van der Waals surface area contributed by atoms with Gasteiger partial charge in [-0.15, -0.1) is 0 Å². The number of carboxylic acid groups (broad SMARTS) is 1. The molecular weight excluding hydrogens is 265 g/mol. The topological polar surface area (TPSA) is 70.5 Å². The molecule has 8 heteroatoms. The number of nitrogens with zero attached hydrogens (tertiary/aromatic N) is 2. The minimum atomic E-state index is -5.03. The summed E-state index contributed by atoms with van der Waals surface area (Å²) in [6.07, 6.45) is -4.22. The van der Waals surface area contributed by atoms with Gasteiger partial charge in [0.05, 0.1) is 18.7 Å². The molecule has 0 aliphatic rings. The van der Waals surface area contributed by atoms with E-state index in [9.17, 15) is 22.8 Å². The lowest BCUT2D eigenvalue weighted by Crippen LogP contribution is -2.41. The van der Waals surface area contributed by atoms with E-state index >= 15 is 0 Å². The molecule has 1 aromatic heterocycles. The summed E-state index contributed by atoms with van der Waals surface area (Å²) < 4.78 is 37.1. The van der Waals surface area contributed by atoms with E-state index in [4.69, 9.17) is 5.11 Å². The quantitative estimate of drug-likeness (QED) is 0.883. The van der Waals surface area contributed by atoms with E-state index in [2.05, 4.69) is 4.98 Å². The predicted molar refractivity (Wildman–Crippen MR) is 58.0 cm³/mol. The Balaban J connectivity index is 2.80. The highest BCUT2D eigenvalue weighted by atomic mass is 19.4. The zero-order valence-electron chi connectivity index (χ0n) is 9.72. The lowest BCUT2D eigenvalue weighted by Gasteiger charge is -2.22. The van der Waals surface area contributed by atoms with Gasteiger partial charge in [-0.1, -0.05) is 6.07 Å². The van der Waals surface area contributed by atoms with Crippen LogP contribution in [-0.4, -0.2) is 39.6 Å². The normalized spacial score (nSPS) is 11.1. The van der Waals surface area contributed by atoms with Crippen molar-refractivity contribution in [2.75, 3.05) is 6.54 Å². The first kappa shape index (κ1) is 14.9. The molecular formula is C11H11F3N2O3. The maximum atomic E-state index is 12.4. The van der Waals surface area contributed by atoms with Gasteiger partial charge in [-0.25, -0.2) is 0 Å². The van der Waals surface area contributed by atoms with Crippen LogP contribution in [0.4, 0.5) is 13.2 Å². The van der Waals surface area contributed by atoms with Crippen molar-refractivity contribution in [1.82, 2.24) is 9.88 Å². The van der Waals surface area contributed by atoms with Crippen molar-refractivity contribution in [3.63, 3.8) is 0 Å². The Morgan fingerprint density at radius 2 is 2.00 bits per heavy atom. The van der Waals surface area contributed by atoms with Gasteiger partial charge in [0, 0.05) is 12.7 Å². The van der Waals surface area contributed by atoms with Gasteiger partial charge < -0.3 is 10.0 Å². The Kier molecular flexibility index (Phi) is 4.85. The summed E-state index contributed by atoms with van der Waals surface area (Å²) in [4.78, 5) is 25.8. The second kappa shape index (κ2) is 6.17. The average molecular weight is 276 g/mol. The summed E-state index contributed by atoms with van der Waals surface area (Å²) in [5.74, 6) is -3.35. The SMILES string of the molecule is O=C(O)CCN(Cc1ccccn1)C(=O)C(F)(F)F. The number of pyridine rings is 1. The highest BCUT2D eigenvalue weighted by Crippen LogP contribution is 2.19. The highest BCUT2D eigenvalue weighted by molar-refractivity contribution is 5.82. The Bertz CT molecular complexity index is 448. The molecule has 1 aromatic rings. The van der Waals surface area contributed by atoms with Crippen LogP contribution >= 0.6 is 0 Å². The molecule has 1 amide bonds. The molecule has 104 valence electrons. The molecule has 0 atom stereocenters. The minimum absolute atomic E-state index is 0.255. The molecule has 0 fully saturated rings.